The number of anilines is 1. The SMILES string of the molecule is CCc1cccc2sc(N3CCN(C(=O)NC(c4ccccc4)c4ccccc4)CC3)nc12. The quantitative estimate of drug-likeness (QED) is 0.433. The number of thiazole rings is 1. The van der Waals surface area contributed by atoms with Crippen molar-refractivity contribution in [3.63, 3.8) is 0 Å². The van der Waals surface area contributed by atoms with E-state index in [2.05, 4.69) is 59.6 Å². The van der Waals surface area contributed by atoms with Gasteiger partial charge in [-0.05, 0) is 29.2 Å². The van der Waals surface area contributed by atoms with E-state index >= 15 is 0 Å². The summed E-state index contributed by atoms with van der Waals surface area (Å²) < 4.78 is 1.23. The molecule has 0 atom stereocenters. The van der Waals surface area contributed by atoms with Crippen LogP contribution in [0.25, 0.3) is 10.2 Å². The summed E-state index contributed by atoms with van der Waals surface area (Å²) in [6.07, 6.45) is 0.985. The number of hydrogen-bond acceptors (Lipinski definition) is 4. The molecule has 3 aromatic carbocycles. The van der Waals surface area contributed by atoms with Crippen LogP contribution in [0.1, 0.15) is 29.7 Å². The summed E-state index contributed by atoms with van der Waals surface area (Å²) in [5.41, 5.74) is 4.57. The minimum Gasteiger partial charge on any atom is -0.345 e. The van der Waals surface area contributed by atoms with Gasteiger partial charge in [0.1, 0.15) is 0 Å². The molecule has 6 heteroatoms. The average Bonchev–Trinajstić information content (AvgIpc) is 3.33. The first kappa shape index (κ1) is 21.5. The van der Waals surface area contributed by atoms with Gasteiger partial charge in [0, 0.05) is 26.2 Å². The van der Waals surface area contributed by atoms with Gasteiger partial charge in [-0.15, -0.1) is 0 Å². The molecule has 1 fully saturated rings. The largest absolute Gasteiger partial charge is 0.345 e. The van der Waals surface area contributed by atoms with E-state index in [4.69, 9.17) is 4.98 Å². The zero-order chi connectivity index (χ0) is 22.6. The van der Waals surface area contributed by atoms with Crippen molar-refractivity contribution in [3.05, 3.63) is 95.6 Å². The van der Waals surface area contributed by atoms with Gasteiger partial charge in [0.2, 0.25) is 0 Å². The normalized spacial score (nSPS) is 14.1. The fraction of sp³-hybridized carbons (Fsp3) is 0.259. The second-order valence-corrected chi connectivity index (χ2v) is 9.30. The van der Waals surface area contributed by atoms with E-state index in [-0.39, 0.29) is 12.1 Å². The molecule has 4 aromatic rings. The molecule has 1 N–H and O–H groups in total. The van der Waals surface area contributed by atoms with Crippen LogP contribution in [0.2, 0.25) is 0 Å². The van der Waals surface area contributed by atoms with Crippen molar-refractivity contribution in [3.8, 4) is 0 Å². The second-order valence-electron chi connectivity index (χ2n) is 8.29. The Morgan fingerprint density at radius 1 is 0.909 bits per heavy atom. The molecule has 5 nitrogen and oxygen atoms in total. The van der Waals surface area contributed by atoms with Gasteiger partial charge >= 0.3 is 6.03 Å². The topological polar surface area (TPSA) is 48.5 Å². The molecule has 2 heterocycles. The molecule has 1 aliphatic heterocycles. The predicted octanol–water partition coefficient (Wildman–Crippen LogP) is 5.48. The summed E-state index contributed by atoms with van der Waals surface area (Å²) in [6.45, 7) is 5.10. The zero-order valence-corrected chi connectivity index (χ0v) is 19.6. The predicted molar refractivity (Wildman–Crippen MR) is 136 cm³/mol. The molecule has 1 aromatic heterocycles. The Morgan fingerprint density at radius 3 is 2.15 bits per heavy atom. The van der Waals surface area contributed by atoms with E-state index in [9.17, 15) is 4.79 Å². The lowest BCUT2D eigenvalue weighted by Crippen LogP contribution is -2.52. The smallest absolute Gasteiger partial charge is 0.318 e. The molecular formula is C27H28N4OS. The number of nitrogens with zero attached hydrogens (tertiary/aromatic N) is 3. The van der Waals surface area contributed by atoms with Crippen molar-refractivity contribution >= 4 is 32.7 Å². The van der Waals surface area contributed by atoms with Gasteiger partial charge in [0.15, 0.2) is 5.13 Å². The van der Waals surface area contributed by atoms with Gasteiger partial charge in [0.25, 0.3) is 0 Å². The number of piperazine rings is 1. The highest BCUT2D eigenvalue weighted by Crippen LogP contribution is 2.31. The Hall–Kier alpha value is -3.38. The first-order valence-corrected chi connectivity index (χ1v) is 12.3. The first-order valence-electron chi connectivity index (χ1n) is 11.5. The fourth-order valence-corrected chi connectivity index (χ4v) is 5.45. The number of amides is 2. The summed E-state index contributed by atoms with van der Waals surface area (Å²) in [5.74, 6) is 0. The van der Waals surface area contributed by atoms with Crippen molar-refractivity contribution in [2.45, 2.75) is 19.4 Å². The minimum atomic E-state index is -0.172. The lowest BCUT2D eigenvalue weighted by molar-refractivity contribution is 0.192. The third-order valence-corrected chi connectivity index (χ3v) is 7.32. The van der Waals surface area contributed by atoms with Crippen LogP contribution in [-0.2, 0) is 6.42 Å². The van der Waals surface area contributed by atoms with E-state index in [1.807, 2.05) is 41.3 Å². The van der Waals surface area contributed by atoms with Crippen molar-refractivity contribution < 1.29 is 4.79 Å². The van der Waals surface area contributed by atoms with Crippen LogP contribution in [0, 0.1) is 0 Å². The van der Waals surface area contributed by atoms with Gasteiger partial charge in [-0.1, -0.05) is 91.1 Å². The molecule has 0 bridgehead atoms. The number of aromatic nitrogens is 1. The van der Waals surface area contributed by atoms with Crippen LogP contribution in [0.15, 0.2) is 78.9 Å². The number of aryl methyl sites for hydroxylation is 1. The Morgan fingerprint density at radius 2 is 1.55 bits per heavy atom. The van der Waals surface area contributed by atoms with Crippen LogP contribution in [0.5, 0.6) is 0 Å². The molecule has 1 saturated heterocycles. The highest BCUT2D eigenvalue weighted by molar-refractivity contribution is 7.22. The number of para-hydroxylation sites is 1. The van der Waals surface area contributed by atoms with Crippen LogP contribution >= 0.6 is 11.3 Å². The van der Waals surface area contributed by atoms with Crippen LogP contribution in [-0.4, -0.2) is 42.1 Å². The summed E-state index contributed by atoms with van der Waals surface area (Å²) in [6, 6.07) is 26.5. The molecule has 0 unspecified atom stereocenters. The van der Waals surface area contributed by atoms with Crippen molar-refractivity contribution in [1.29, 1.82) is 0 Å². The Bertz CT molecular complexity index is 1180. The molecule has 1 aliphatic rings. The number of carbonyl (C=O) groups excluding carboxylic acids is 1. The average molecular weight is 457 g/mol. The molecule has 168 valence electrons. The highest BCUT2D eigenvalue weighted by atomic mass is 32.1. The molecular weight excluding hydrogens is 428 g/mol. The number of nitrogens with one attached hydrogen (secondary N) is 1. The van der Waals surface area contributed by atoms with Crippen molar-refractivity contribution in [2.75, 3.05) is 31.1 Å². The van der Waals surface area contributed by atoms with Crippen LogP contribution < -0.4 is 10.2 Å². The van der Waals surface area contributed by atoms with E-state index in [1.54, 1.807) is 11.3 Å². The minimum absolute atomic E-state index is 0.0232. The van der Waals surface area contributed by atoms with E-state index in [0.717, 1.165) is 41.3 Å². The summed E-state index contributed by atoms with van der Waals surface area (Å²) >= 11 is 1.74. The number of hydrogen-bond donors (Lipinski definition) is 1. The summed E-state index contributed by atoms with van der Waals surface area (Å²) in [4.78, 5) is 22.4. The number of fused-ring (bicyclic) bond motifs is 1. The lowest BCUT2D eigenvalue weighted by atomic mass is 9.99. The fourth-order valence-electron chi connectivity index (χ4n) is 4.38. The third kappa shape index (κ3) is 4.57. The number of rotatable bonds is 5. The Balaban J connectivity index is 1.27. The second kappa shape index (κ2) is 9.63. The number of carbonyl (C=O) groups is 1. The maximum atomic E-state index is 13.2. The zero-order valence-electron chi connectivity index (χ0n) is 18.8. The highest BCUT2D eigenvalue weighted by Gasteiger charge is 2.26. The molecule has 2 amide bonds. The summed E-state index contributed by atoms with van der Waals surface area (Å²) in [7, 11) is 0. The Labute approximate surface area is 198 Å². The molecule has 0 spiro atoms. The monoisotopic (exact) mass is 456 g/mol. The van der Waals surface area contributed by atoms with Gasteiger partial charge in [-0.25, -0.2) is 9.78 Å². The molecule has 0 radical (unpaired) electrons. The summed E-state index contributed by atoms with van der Waals surface area (Å²) in [5, 5.41) is 4.32. The van der Waals surface area contributed by atoms with E-state index in [1.165, 1.54) is 10.3 Å². The molecule has 0 saturated carbocycles. The standard InChI is InChI=1S/C27H28N4OS/c1-2-20-14-9-15-23-25(20)29-27(33-23)31-18-16-30(17-19-31)26(32)28-24(21-10-5-3-6-11-21)22-12-7-4-8-13-22/h3-15,24H,2,16-19H2,1H3,(H,28,32). The van der Waals surface area contributed by atoms with Gasteiger partial charge < -0.3 is 15.1 Å². The molecule has 0 aliphatic carbocycles. The van der Waals surface area contributed by atoms with Crippen LogP contribution in [0.3, 0.4) is 0 Å². The Kier molecular flexibility index (Phi) is 6.26. The van der Waals surface area contributed by atoms with Crippen LogP contribution in [0.4, 0.5) is 9.93 Å². The van der Waals surface area contributed by atoms with E-state index in [0.29, 0.717) is 13.1 Å². The number of urea groups is 1. The maximum absolute atomic E-state index is 13.2. The van der Waals surface area contributed by atoms with E-state index < -0.39 is 0 Å². The van der Waals surface area contributed by atoms with Gasteiger partial charge in [-0.3, -0.25) is 0 Å². The lowest BCUT2D eigenvalue weighted by Gasteiger charge is -2.35. The van der Waals surface area contributed by atoms with Crippen molar-refractivity contribution in [1.82, 2.24) is 15.2 Å². The molecule has 33 heavy (non-hydrogen) atoms. The maximum Gasteiger partial charge on any atom is 0.318 e. The third-order valence-electron chi connectivity index (χ3n) is 6.24. The van der Waals surface area contributed by atoms with Gasteiger partial charge in [-0.2, -0.15) is 0 Å². The number of benzene rings is 3. The van der Waals surface area contributed by atoms with Gasteiger partial charge in [0.05, 0.1) is 16.3 Å². The van der Waals surface area contributed by atoms with Crippen molar-refractivity contribution in [2.24, 2.45) is 0 Å². The molecule has 5 rings (SSSR count). The first-order chi connectivity index (χ1) is 16.2.